The standard InChI is InChI=1S/C20H16ClFN6O/c1-12-16(19(21)28(26-12)15-8-6-14(22)7-9-15)11-23-25-20(29)18-13(2)24-17-5-3-4-10-27(17)18/h3-11H,1-2H3,(H,25,29). The van der Waals surface area contributed by atoms with E-state index in [0.29, 0.717) is 39.1 Å². The number of hydrazone groups is 1. The molecule has 1 N–H and O–H groups in total. The average Bonchev–Trinajstić information content (AvgIpc) is 3.18. The van der Waals surface area contributed by atoms with Gasteiger partial charge in [-0.1, -0.05) is 17.7 Å². The van der Waals surface area contributed by atoms with Crippen LogP contribution in [-0.4, -0.2) is 31.3 Å². The van der Waals surface area contributed by atoms with Gasteiger partial charge in [0.1, 0.15) is 22.3 Å². The maximum atomic E-state index is 13.1. The molecule has 29 heavy (non-hydrogen) atoms. The van der Waals surface area contributed by atoms with Crippen molar-refractivity contribution in [1.29, 1.82) is 0 Å². The van der Waals surface area contributed by atoms with Crippen molar-refractivity contribution in [2.75, 3.05) is 0 Å². The van der Waals surface area contributed by atoms with E-state index < -0.39 is 5.91 Å². The Bertz CT molecular complexity index is 1240. The smallest absolute Gasteiger partial charge is 0.290 e. The first-order valence-electron chi connectivity index (χ1n) is 8.74. The SMILES string of the molecule is Cc1nn(-c2ccc(F)cc2)c(Cl)c1C=NNC(=O)c1c(C)nc2ccccn12. The fraction of sp³-hybridized carbons (Fsp3) is 0.100. The number of nitrogens with one attached hydrogen (secondary N) is 1. The lowest BCUT2D eigenvalue weighted by atomic mass is 10.3. The highest BCUT2D eigenvalue weighted by Crippen LogP contribution is 2.22. The topological polar surface area (TPSA) is 76.6 Å². The molecule has 0 bridgehead atoms. The number of fused-ring (bicyclic) bond motifs is 1. The van der Waals surface area contributed by atoms with Crippen LogP contribution in [0.25, 0.3) is 11.3 Å². The van der Waals surface area contributed by atoms with Crippen LogP contribution in [0.5, 0.6) is 0 Å². The van der Waals surface area contributed by atoms with Gasteiger partial charge in [0, 0.05) is 6.20 Å². The summed E-state index contributed by atoms with van der Waals surface area (Å²) in [5.41, 5.74) is 5.96. The Kier molecular flexibility index (Phi) is 4.85. The molecule has 4 rings (SSSR count). The molecule has 0 saturated carbocycles. The molecule has 7 nitrogen and oxygen atoms in total. The predicted octanol–water partition coefficient (Wildman–Crippen LogP) is 3.69. The molecule has 0 spiro atoms. The zero-order chi connectivity index (χ0) is 20.5. The van der Waals surface area contributed by atoms with Gasteiger partial charge in [0.05, 0.1) is 28.9 Å². The maximum Gasteiger partial charge on any atom is 0.290 e. The minimum absolute atomic E-state index is 0.304. The Labute approximate surface area is 170 Å². The molecule has 0 atom stereocenters. The lowest BCUT2D eigenvalue weighted by Crippen LogP contribution is -2.20. The molecule has 146 valence electrons. The van der Waals surface area contributed by atoms with Crippen LogP contribution in [-0.2, 0) is 0 Å². The van der Waals surface area contributed by atoms with Gasteiger partial charge in [-0.05, 0) is 50.2 Å². The Morgan fingerprint density at radius 1 is 1.17 bits per heavy atom. The Morgan fingerprint density at radius 3 is 2.69 bits per heavy atom. The molecule has 0 fully saturated rings. The monoisotopic (exact) mass is 410 g/mol. The Hall–Kier alpha value is -3.52. The second-order valence-electron chi connectivity index (χ2n) is 6.35. The molecular weight excluding hydrogens is 395 g/mol. The Balaban J connectivity index is 1.57. The summed E-state index contributed by atoms with van der Waals surface area (Å²) < 4.78 is 16.3. The largest absolute Gasteiger partial charge is 0.295 e. The molecule has 0 aliphatic carbocycles. The number of imidazole rings is 1. The highest BCUT2D eigenvalue weighted by molar-refractivity contribution is 6.32. The zero-order valence-corrected chi connectivity index (χ0v) is 16.4. The minimum Gasteiger partial charge on any atom is -0.295 e. The van der Waals surface area contributed by atoms with Crippen LogP contribution in [0.3, 0.4) is 0 Å². The number of hydrogen-bond acceptors (Lipinski definition) is 4. The number of benzene rings is 1. The van der Waals surface area contributed by atoms with Gasteiger partial charge in [0.25, 0.3) is 5.91 Å². The summed E-state index contributed by atoms with van der Waals surface area (Å²) in [5, 5.41) is 8.69. The van der Waals surface area contributed by atoms with E-state index in [-0.39, 0.29) is 5.82 Å². The first kappa shape index (κ1) is 18.8. The quantitative estimate of drug-likeness (QED) is 0.411. The number of aromatic nitrogens is 4. The van der Waals surface area contributed by atoms with Gasteiger partial charge in [0.15, 0.2) is 0 Å². The summed E-state index contributed by atoms with van der Waals surface area (Å²) >= 11 is 6.41. The number of amides is 1. The van der Waals surface area contributed by atoms with Crippen molar-refractivity contribution >= 4 is 29.4 Å². The number of carbonyl (C=O) groups is 1. The van der Waals surface area contributed by atoms with Crippen LogP contribution in [0.2, 0.25) is 5.15 Å². The lowest BCUT2D eigenvalue weighted by molar-refractivity contribution is 0.0948. The van der Waals surface area contributed by atoms with E-state index in [1.54, 1.807) is 36.6 Å². The summed E-state index contributed by atoms with van der Waals surface area (Å²) in [5.74, 6) is -0.738. The van der Waals surface area contributed by atoms with Gasteiger partial charge in [-0.2, -0.15) is 10.2 Å². The first-order chi connectivity index (χ1) is 14.0. The Morgan fingerprint density at radius 2 is 1.93 bits per heavy atom. The van der Waals surface area contributed by atoms with E-state index in [1.807, 2.05) is 18.2 Å². The second-order valence-corrected chi connectivity index (χ2v) is 6.71. The van der Waals surface area contributed by atoms with Crippen molar-refractivity contribution in [1.82, 2.24) is 24.6 Å². The van der Waals surface area contributed by atoms with Gasteiger partial charge < -0.3 is 0 Å². The normalized spacial score (nSPS) is 11.4. The molecular formula is C20H16ClFN6O. The van der Waals surface area contributed by atoms with Gasteiger partial charge in [-0.3, -0.25) is 9.20 Å². The number of halogens is 2. The number of pyridine rings is 1. The number of aryl methyl sites for hydroxylation is 2. The van der Waals surface area contributed by atoms with Gasteiger partial charge in [-0.15, -0.1) is 0 Å². The van der Waals surface area contributed by atoms with E-state index in [0.717, 1.165) is 0 Å². The number of carbonyl (C=O) groups excluding carboxylic acids is 1. The van der Waals surface area contributed by atoms with Crippen molar-refractivity contribution in [3.63, 3.8) is 0 Å². The molecule has 0 aliphatic heterocycles. The average molecular weight is 411 g/mol. The molecule has 0 radical (unpaired) electrons. The maximum absolute atomic E-state index is 13.1. The number of rotatable bonds is 4. The van der Waals surface area contributed by atoms with E-state index in [9.17, 15) is 9.18 Å². The van der Waals surface area contributed by atoms with Crippen molar-refractivity contribution < 1.29 is 9.18 Å². The van der Waals surface area contributed by atoms with E-state index >= 15 is 0 Å². The third-order valence-corrected chi connectivity index (χ3v) is 4.76. The van der Waals surface area contributed by atoms with E-state index in [2.05, 4.69) is 20.6 Å². The fourth-order valence-electron chi connectivity index (χ4n) is 3.01. The third-order valence-electron chi connectivity index (χ3n) is 4.40. The van der Waals surface area contributed by atoms with Gasteiger partial charge in [-0.25, -0.2) is 19.5 Å². The molecule has 0 saturated heterocycles. The first-order valence-corrected chi connectivity index (χ1v) is 9.11. The highest BCUT2D eigenvalue weighted by Gasteiger charge is 2.16. The summed E-state index contributed by atoms with van der Waals surface area (Å²) in [6.07, 6.45) is 3.20. The minimum atomic E-state index is -0.392. The van der Waals surface area contributed by atoms with Crippen LogP contribution >= 0.6 is 11.6 Å². The zero-order valence-electron chi connectivity index (χ0n) is 15.6. The predicted molar refractivity (Wildman–Crippen MR) is 108 cm³/mol. The van der Waals surface area contributed by atoms with E-state index in [1.165, 1.54) is 23.0 Å². The third kappa shape index (κ3) is 3.50. The molecule has 0 unspecified atom stereocenters. The summed E-state index contributed by atoms with van der Waals surface area (Å²) in [7, 11) is 0. The summed E-state index contributed by atoms with van der Waals surface area (Å²) in [6, 6.07) is 11.3. The van der Waals surface area contributed by atoms with Crippen LogP contribution in [0.15, 0.2) is 53.8 Å². The molecule has 3 aromatic heterocycles. The van der Waals surface area contributed by atoms with Gasteiger partial charge >= 0.3 is 0 Å². The van der Waals surface area contributed by atoms with Crippen LogP contribution in [0, 0.1) is 19.7 Å². The number of nitrogens with zero attached hydrogens (tertiary/aromatic N) is 5. The summed E-state index contributed by atoms with van der Waals surface area (Å²) in [4.78, 5) is 16.9. The second kappa shape index (κ2) is 7.48. The van der Waals surface area contributed by atoms with Crippen molar-refractivity contribution in [2.45, 2.75) is 13.8 Å². The fourth-order valence-corrected chi connectivity index (χ4v) is 3.33. The van der Waals surface area contributed by atoms with Crippen molar-refractivity contribution in [2.24, 2.45) is 5.10 Å². The molecule has 3 heterocycles. The molecule has 4 aromatic rings. The van der Waals surface area contributed by atoms with Crippen LogP contribution < -0.4 is 5.43 Å². The van der Waals surface area contributed by atoms with Crippen molar-refractivity contribution in [3.05, 3.63) is 82.3 Å². The van der Waals surface area contributed by atoms with Crippen molar-refractivity contribution in [3.8, 4) is 5.69 Å². The van der Waals surface area contributed by atoms with Crippen LogP contribution in [0.4, 0.5) is 4.39 Å². The highest BCUT2D eigenvalue weighted by atomic mass is 35.5. The molecule has 1 amide bonds. The molecule has 9 heteroatoms. The molecule has 0 aliphatic rings. The van der Waals surface area contributed by atoms with Gasteiger partial charge in [0.2, 0.25) is 0 Å². The summed E-state index contributed by atoms with van der Waals surface area (Å²) in [6.45, 7) is 3.53. The van der Waals surface area contributed by atoms with E-state index in [4.69, 9.17) is 11.6 Å². The molecule has 1 aromatic carbocycles. The van der Waals surface area contributed by atoms with Crippen LogP contribution in [0.1, 0.15) is 27.4 Å². The number of hydrogen-bond donors (Lipinski definition) is 1. The lowest BCUT2D eigenvalue weighted by Gasteiger charge is -2.03.